The Kier molecular flexibility index (Phi) is 3.06. The first kappa shape index (κ1) is 10.6. The number of carbonyl (C=O) groups is 1. The second kappa shape index (κ2) is 4.31. The second-order valence-corrected chi connectivity index (χ2v) is 4.43. The van der Waals surface area contributed by atoms with Gasteiger partial charge >= 0.3 is 0 Å². The molecule has 1 fully saturated rings. The molecule has 0 spiro atoms. The minimum absolute atomic E-state index is 0.0449. The van der Waals surface area contributed by atoms with Gasteiger partial charge in [0, 0.05) is 17.9 Å². The SMILES string of the molecule is O=C1CCCC(c2ccc(Cl)cc2F)C1. The van der Waals surface area contributed by atoms with Gasteiger partial charge in [0.2, 0.25) is 0 Å². The van der Waals surface area contributed by atoms with Crippen LogP contribution in [0.3, 0.4) is 0 Å². The normalized spacial score (nSPS) is 21.7. The molecule has 0 saturated heterocycles. The van der Waals surface area contributed by atoms with E-state index in [1.54, 1.807) is 12.1 Å². The molecule has 0 aliphatic heterocycles. The Morgan fingerprint density at radius 2 is 2.20 bits per heavy atom. The third kappa shape index (κ3) is 2.37. The number of Topliss-reactive ketones (excluding diaryl/α,β-unsaturated/α-hetero) is 1. The van der Waals surface area contributed by atoms with Crippen LogP contribution in [0.4, 0.5) is 4.39 Å². The van der Waals surface area contributed by atoms with Gasteiger partial charge in [0.05, 0.1) is 0 Å². The van der Waals surface area contributed by atoms with Crippen molar-refractivity contribution < 1.29 is 9.18 Å². The van der Waals surface area contributed by atoms with E-state index in [0.29, 0.717) is 23.4 Å². The molecule has 1 saturated carbocycles. The fraction of sp³-hybridized carbons (Fsp3) is 0.417. The Morgan fingerprint density at radius 1 is 1.40 bits per heavy atom. The highest BCUT2D eigenvalue weighted by atomic mass is 35.5. The quantitative estimate of drug-likeness (QED) is 0.714. The molecule has 1 atom stereocenters. The molecule has 2 rings (SSSR count). The van der Waals surface area contributed by atoms with Gasteiger partial charge in [-0.3, -0.25) is 4.79 Å². The molecule has 0 aromatic heterocycles. The number of hydrogen-bond acceptors (Lipinski definition) is 1. The summed E-state index contributed by atoms with van der Waals surface area (Å²) < 4.78 is 13.6. The van der Waals surface area contributed by atoms with Crippen molar-refractivity contribution in [1.82, 2.24) is 0 Å². The predicted molar refractivity (Wildman–Crippen MR) is 57.6 cm³/mol. The van der Waals surface area contributed by atoms with E-state index in [-0.39, 0.29) is 17.5 Å². The topological polar surface area (TPSA) is 17.1 Å². The maximum absolute atomic E-state index is 13.6. The molecule has 80 valence electrons. The van der Waals surface area contributed by atoms with E-state index in [4.69, 9.17) is 11.6 Å². The van der Waals surface area contributed by atoms with E-state index < -0.39 is 0 Å². The minimum atomic E-state index is -0.290. The van der Waals surface area contributed by atoms with E-state index in [2.05, 4.69) is 0 Å². The Bertz CT molecular complexity index is 389. The molecule has 0 heterocycles. The van der Waals surface area contributed by atoms with Crippen LogP contribution in [-0.4, -0.2) is 5.78 Å². The molecular weight excluding hydrogens is 215 g/mol. The Balaban J connectivity index is 2.24. The largest absolute Gasteiger partial charge is 0.300 e. The first-order valence-electron chi connectivity index (χ1n) is 5.13. The average Bonchev–Trinajstić information content (AvgIpc) is 2.17. The van der Waals surface area contributed by atoms with E-state index in [1.165, 1.54) is 6.07 Å². The monoisotopic (exact) mass is 226 g/mol. The molecule has 1 aromatic carbocycles. The van der Waals surface area contributed by atoms with Crippen molar-refractivity contribution >= 4 is 17.4 Å². The summed E-state index contributed by atoms with van der Waals surface area (Å²) in [6, 6.07) is 4.69. The smallest absolute Gasteiger partial charge is 0.133 e. The number of hydrogen-bond donors (Lipinski definition) is 0. The standard InChI is InChI=1S/C12H12ClFO/c13-9-4-5-11(12(14)7-9)8-2-1-3-10(15)6-8/h4-5,7-8H,1-3,6H2. The van der Waals surface area contributed by atoms with E-state index in [1.807, 2.05) is 0 Å². The Morgan fingerprint density at radius 3 is 2.87 bits per heavy atom. The van der Waals surface area contributed by atoms with Crippen molar-refractivity contribution in [2.75, 3.05) is 0 Å². The highest BCUT2D eigenvalue weighted by molar-refractivity contribution is 6.30. The summed E-state index contributed by atoms with van der Waals surface area (Å²) in [6.45, 7) is 0. The van der Waals surface area contributed by atoms with Crippen LogP contribution in [0.2, 0.25) is 5.02 Å². The van der Waals surface area contributed by atoms with Crippen molar-refractivity contribution in [1.29, 1.82) is 0 Å². The van der Waals surface area contributed by atoms with Gasteiger partial charge in [-0.1, -0.05) is 17.7 Å². The van der Waals surface area contributed by atoms with Crippen molar-refractivity contribution in [3.8, 4) is 0 Å². The van der Waals surface area contributed by atoms with Crippen LogP contribution in [0.15, 0.2) is 18.2 Å². The first-order chi connectivity index (χ1) is 7.16. The highest BCUT2D eigenvalue weighted by Crippen LogP contribution is 2.33. The van der Waals surface area contributed by atoms with Crippen LogP contribution in [-0.2, 0) is 4.79 Å². The van der Waals surface area contributed by atoms with Gasteiger partial charge in [0.1, 0.15) is 11.6 Å². The minimum Gasteiger partial charge on any atom is -0.300 e. The van der Waals surface area contributed by atoms with Crippen LogP contribution in [0.25, 0.3) is 0 Å². The lowest BCUT2D eigenvalue weighted by Crippen LogP contribution is -2.14. The summed E-state index contributed by atoms with van der Waals surface area (Å²) >= 11 is 5.68. The molecular formula is C12H12ClFO. The zero-order valence-electron chi connectivity index (χ0n) is 8.30. The zero-order chi connectivity index (χ0) is 10.8. The lowest BCUT2D eigenvalue weighted by atomic mass is 9.83. The molecule has 1 aliphatic rings. The van der Waals surface area contributed by atoms with Gasteiger partial charge in [0.15, 0.2) is 0 Å². The van der Waals surface area contributed by atoms with Crippen molar-refractivity contribution in [2.24, 2.45) is 0 Å². The van der Waals surface area contributed by atoms with E-state index in [0.717, 1.165) is 12.8 Å². The maximum atomic E-state index is 13.6. The predicted octanol–water partition coefficient (Wildman–Crippen LogP) is 3.71. The summed E-state index contributed by atoms with van der Waals surface area (Å²) in [4.78, 5) is 11.3. The lowest BCUT2D eigenvalue weighted by Gasteiger charge is -2.21. The maximum Gasteiger partial charge on any atom is 0.133 e. The van der Waals surface area contributed by atoms with Crippen LogP contribution >= 0.6 is 11.6 Å². The van der Waals surface area contributed by atoms with E-state index in [9.17, 15) is 9.18 Å². The molecule has 0 N–H and O–H groups in total. The Hall–Kier alpha value is -0.890. The number of benzene rings is 1. The summed E-state index contributed by atoms with van der Waals surface area (Å²) in [6.07, 6.45) is 2.88. The lowest BCUT2D eigenvalue weighted by molar-refractivity contribution is -0.120. The molecule has 0 amide bonds. The fourth-order valence-corrected chi connectivity index (χ4v) is 2.28. The summed E-state index contributed by atoms with van der Waals surface area (Å²) in [5.74, 6) is -0.00804. The summed E-state index contributed by atoms with van der Waals surface area (Å²) in [5.41, 5.74) is 0.632. The number of ketones is 1. The van der Waals surface area contributed by atoms with E-state index >= 15 is 0 Å². The number of halogens is 2. The molecule has 1 unspecified atom stereocenters. The second-order valence-electron chi connectivity index (χ2n) is 4.00. The molecule has 1 nitrogen and oxygen atoms in total. The van der Waals surface area contributed by atoms with Crippen LogP contribution in [0.1, 0.15) is 37.2 Å². The zero-order valence-corrected chi connectivity index (χ0v) is 9.06. The van der Waals surface area contributed by atoms with Gasteiger partial charge < -0.3 is 0 Å². The van der Waals surface area contributed by atoms with Gasteiger partial charge in [-0.05, 0) is 36.5 Å². The van der Waals surface area contributed by atoms with Gasteiger partial charge in [-0.25, -0.2) is 4.39 Å². The number of carbonyl (C=O) groups excluding carboxylic acids is 1. The van der Waals surface area contributed by atoms with Crippen LogP contribution < -0.4 is 0 Å². The molecule has 0 bridgehead atoms. The molecule has 15 heavy (non-hydrogen) atoms. The molecule has 0 radical (unpaired) electrons. The van der Waals surface area contributed by atoms with Crippen LogP contribution in [0, 0.1) is 5.82 Å². The third-order valence-corrected chi connectivity index (χ3v) is 3.12. The van der Waals surface area contributed by atoms with Gasteiger partial charge in [-0.15, -0.1) is 0 Å². The van der Waals surface area contributed by atoms with Crippen molar-refractivity contribution in [3.05, 3.63) is 34.6 Å². The molecule has 1 aliphatic carbocycles. The number of rotatable bonds is 1. The molecule has 3 heteroatoms. The Labute approximate surface area is 93.2 Å². The third-order valence-electron chi connectivity index (χ3n) is 2.88. The highest BCUT2D eigenvalue weighted by Gasteiger charge is 2.23. The fourth-order valence-electron chi connectivity index (χ4n) is 2.12. The first-order valence-corrected chi connectivity index (χ1v) is 5.51. The summed E-state index contributed by atoms with van der Waals surface area (Å²) in [7, 11) is 0. The van der Waals surface area contributed by atoms with Crippen LogP contribution in [0.5, 0.6) is 0 Å². The van der Waals surface area contributed by atoms with Crippen molar-refractivity contribution in [2.45, 2.75) is 31.6 Å². The van der Waals surface area contributed by atoms with Gasteiger partial charge in [0.25, 0.3) is 0 Å². The average molecular weight is 227 g/mol. The summed E-state index contributed by atoms with van der Waals surface area (Å²) in [5, 5.41) is 0.401. The van der Waals surface area contributed by atoms with Gasteiger partial charge in [-0.2, -0.15) is 0 Å². The van der Waals surface area contributed by atoms with Crippen molar-refractivity contribution in [3.63, 3.8) is 0 Å². The molecule has 1 aromatic rings.